The first-order valence-corrected chi connectivity index (χ1v) is 7.66. The Bertz CT molecular complexity index is 428. The highest BCUT2D eigenvalue weighted by molar-refractivity contribution is 9.10. The van der Waals surface area contributed by atoms with Gasteiger partial charge in [-0.25, -0.2) is 0 Å². The van der Waals surface area contributed by atoms with Crippen LogP contribution in [-0.2, 0) is 0 Å². The van der Waals surface area contributed by atoms with Crippen LogP contribution in [0.3, 0.4) is 0 Å². The fraction of sp³-hybridized carbons (Fsp3) is 0.600. The van der Waals surface area contributed by atoms with Crippen molar-refractivity contribution in [1.82, 2.24) is 5.32 Å². The second-order valence-electron chi connectivity index (χ2n) is 5.22. The van der Waals surface area contributed by atoms with Gasteiger partial charge in [0.25, 0.3) is 0 Å². The van der Waals surface area contributed by atoms with Crippen molar-refractivity contribution >= 4 is 15.9 Å². The summed E-state index contributed by atoms with van der Waals surface area (Å²) in [6.45, 7) is 6.22. The molecule has 1 fully saturated rings. The molecule has 1 aliphatic rings. The third kappa shape index (κ3) is 3.63. The first kappa shape index (κ1) is 14.7. The zero-order valence-electron chi connectivity index (χ0n) is 11.8. The number of benzene rings is 1. The summed E-state index contributed by atoms with van der Waals surface area (Å²) in [5.74, 6) is 2.23. The molecule has 0 bridgehead atoms. The normalized spacial score (nSPS) is 16.7. The van der Waals surface area contributed by atoms with Crippen molar-refractivity contribution < 1.29 is 9.47 Å². The van der Waals surface area contributed by atoms with E-state index < -0.39 is 0 Å². The fourth-order valence-electron chi connectivity index (χ4n) is 2.50. The number of ether oxygens (including phenoxy) is 2. The topological polar surface area (TPSA) is 30.5 Å². The lowest BCUT2D eigenvalue weighted by Crippen LogP contribution is -2.26. The van der Waals surface area contributed by atoms with E-state index in [4.69, 9.17) is 9.47 Å². The summed E-state index contributed by atoms with van der Waals surface area (Å²) in [5, 5.41) is 3.40. The van der Waals surface area contributed by atoms with Gasteiger partial charge in [-0.1, -0.05) is 15.9 Å². The van der Waals surface area contributed by atoms with Crippen LogP contribution in [0.15, 0.2) is 16.6 Å². The lowest BCUT2D eigenvalue weighted by atomic mass is 9.90. The van der Waals surface area contributed by atoms with Gasteiger partial charge in [0.15, 0.2) is 11.5 Å². The number of hydrogen-bond acceptors (Lipinski definition) is 3. The summed E-state index contributed by atoms with van der Waals surface area (Å²) in [6, 6.07) is 4.16. The Morgan fingerprint density at radius 3 is 2.47 bits per heavy atom. The smallest absolute Gasteiger partial charge is 0.162 e. The number of methoxy groups -OCH3 is 1. The molecule has 1 aromatic rings. The first-order valence-electron chi connectivity index (χ1n) is 6.86. The molecule has 1 heterocycles. The Balaban J connectivity index is 2.29. The molecule has 19 heavy (non-hydrogen) atoms. The highest BCUT2D eigenvalue weighted by Gasteiger charge is 2.20. The van der Waals surface area contributed by atoms with E-state index in [1.54, 1.807) is 7.11 Å². The highest BCUT2D eigenvalue weighted by Crippen LogP contribution is 2.39. The molecule has 1 aromatic carbocycles. The second kappa shape index (κ2) is 6.62. The average molecular weight is 328 g/mol. The van der Waals surface area contributed by atoms with Crippen molar-refractivity contribution in [2.75, 3.05) is 20.2 Å². The van der Waals surface area contributed by atoms with Crippen LogP contribution in [0.1, 0.15) is 38.2 Å². The third-order valence-corrected chi connectivity index (χ3v) is 4.11. The Morgan fingerprint density at radius 2 is 1.89 bits per heavy atom. The molecular formula is C15H22BrNO2. The second-order valence-corrected chi connectivity index (χ2v) is 6.07. The molecule has 0 spiro atoms. The molecule has 0 radical (unpaired) electrons. The molecule has 0 unspecified atom stereocenters. The molecule has 0 aromatic heterocycles. The van der Waals surface area contributed by atoms with Crippen molar-refractivity contribution in [3.05, 3.63) is 22.2 Å². The highest BCUT2D eigenvalue weighted by atomic mass is 79.9. The van der Waals surface area contributed by atoms with Gasteiger partial charge >= 0.3 is 0 Å². The summed E-state index contributed by atoms with van der Waals surface area (Å²) in [7, 11) is 1.70. The fourth-order valence-corrected chi connectivity index (χ4v) is 3.15. The van der Waals surface area contributed by atoms with Crippen LogP contribution in [0.4, 0.5) is 0 Å². The Morgan fingerprint density at radius 1 is 1.21 bits per heavy atom. The Hall–Kier alpha value is -0.740. The minimum Gasteiger partial charge on any atom is -0.493 e. The van der Waals surface area contributed by atoms with Crippen LogP contribution in [0, 0.1) is 0 Å². The summed E-state index contributed by atoms with van der Waals surface area (Å²) in [4.78, 5) is 0. The van der Waals surface area contributed by atoms with Crippen molar-refractivity contribution in [2.24, 2.45) is 0 Å². The van der Waals surface area contributed by atoms with Crippen LogP contribution in [0.25, 0.3) is 0 Å². The minimum atomic E-state index is 0.144. The molecular weight excluding hydrogens is 306 g/mol. The molecule has 0 aliphatic carbocycles. The molecule has 4 heteroatoms. The molecule has 1 saturated heterocycles. The van der Waals surface area contributed by atoms with Gasteiger partial charge in [0.1, 0.15) is 0 Å². The molecule has 0 atom stereocenters. The summed E-state index contributed by atoms with van der Waals surface area (Å²) in [5.41, 5.74) is 1.33. The standard InChI is InChI=1S/C15H22BrNO2/c1-10(2)19-15-9-13(16)12(8-14(15)18-3)11-4-6-17-7-5-11/h8-11,17H,4-7H2,1-3H3. The molecule has 2 rings (SSSR count). The van der Waals surface area contributed by atoms with Crippen molar-refractivity contribution in [1.29, 1.82) is 0 Å². The maximum atomic E-state index is 5.79. The van der Waals surface area contributed by atoms with Gasteiger partial charge in [-0.05, 0) is 63.4 Å². The average Bonchev–Trinajstić information content (AvgIpc) is 2.39. The first-order chi connectivity index (χ1) is 9.11. The summed E-state index contributed by atoms with van der Waals surface area (Å²) < 4.78 is 12.4. The maximum absolute atomic E-state index is 5.79. The Labute approximate surface area is 123 Å². The van der Waals surface area contributed by atoms with E-state index in [1.165, 1.54) is 18.4 Å². The van der Waals surface area contributed by atoms with Crippen molar-refractivity contribution in [3.63, 3.8) is 0 Å². The summed E-state index contributed by atoms with van der Waals surface area (Å²) in [6.07, 6.45) is 2.49. The third-order valence-electron chi connectivity index (χ3n) is 3.42. The maximum Gasteiger partial charge on any atom is 0.162 e. The zero-order chi connectivity index (χ0) is 13.8. The lowest BCUT2D eigenvalue weighted by Gasteiger charge is -2.25. The summed E-state index contributed by atoms with van der Waals surface area (Å²) >= 11 is 3.68. The van der Waals surface area contributed by atoms with Gasteiger partial charge in [-0.3, -0.25) is 0 Å². The van der Waals surface area contributed by atoms with Crippen LogP contribution < -0.4 is 14.8 Å². The molecule has 0 saturated carbocycles. The number of hydrogen-bond donors (Lipinski definition) is 1. The minimum absolute atomic E-state index is 0.144. The van der Waals surface area contributed by atoms with Crippen molar-refractivity contribution in [2.45, 2.75) is 38.7 Å². The monoisotopic (exact) mass is 327 g/mol. The van der Waals surface area contributed by atoms with Crippen LogP contribution >= 0.6 is 15.9 Å². The van der Waals surface area contributed by atoms with E-state index in [0.29, 0.717) is 5.92 Å². The predicted molar refractivity (Wildman–Crippen MR) is 81.3 cm³/mol. The quantitative estimate of drug-likeness (QED) is 0.914. The molecule has 106 valence electrons. The molecule has 3 nitrogen and oxygen atoms in total. The van der Waals surface area contributed by atoms with E-state index >= 15 is 0 Å². The molecule has 1 aliphatic heterocycles. The van der Waals surface area contributed by atoms with E-state index in [-0.39, 0.29) is 6.10 Å². The predicted octanol–water partition coefficient (Wildman–Crippen LogP) is 3.71. The Kier molecular flexibility index (Phi) is 5.11. The number of rotatable bonds is 4. The van der Waals surface area contributed by atoms with Crippen LogP contribution in [-0.4, -0.2) is 26.3 Å². The van der Waals surface area contributed by atoms with E-state index in [1.807, 2.05) is 19.9 Å². The van der Waals surface area contributed by atoms with Crippen molar-refractivity contribution in [3.8, 4) is 11.5 Å². The van der Waals surface area contributed by atoms with Gasteiger partial charge < -0.3 is 14.8 Å². The number of halogens is 1. The van der Waals surface area contributed by atoms with Gasteiger partial charge in [0, 0.05) is 4.47 Å². The largest absolute Gasteiger partial charge is 0.493 e. The van der Waals surface area contributed by atoms with Gasteiger partial charge in [-0.2, -0.15) is 0 Å². The molecule has 0 amide bonds. The number of piperidine rings is 1. The zero-order valence-corrected chi connectivity index (χ0v) is 13.4. The van der Waals surface area contributed by atoms with Gasteiger partial charge in [-0.15, -0.1) is 0 Å². The van der Waals surface area contributed by atoms with Gasteiger partial charge in [0.2, 0.25) is 0 Å². The van der Waals surface area contributed by atoms with E-state index in [9.17, 15) is 0 Å². The molecule has 1 N–H and O–H groups in total. The number of nitrogens with one attached hydrogen (secondary N) is 1. The van der Waals surface area contributed by atoms with Gasteiger partial charge in [0.05, 0.1) is 13.2 Å². The van der Waals surface area contributed by atoms with E-state index in [0.717, 1.165) is 29.1 Å². The SMILES string of the molecule is COc1cc(C2CCNCC2)c(Br)cc1OC(C)C. The lowest BCUT2D eigenvalue weighted by molar-refractivity contribution is 0.229. The van der Waals surface area contributed by atoms with E-state index in [2.05, 4.69) is 27.3 Å². The van der Waals surface area contributed by atoms with Crippen LogP contribution in [0.2, 0.25) is 0 Å². The van der Waals surface area contributed by atoms with Crippen LogP contribution in [0.5, 0.6) is 11.5 Å².